The molecule has 0 spiro atoms. The lowest BCUT2D eigenvalue weighted by atomic mass is 9.99. The van der Waals surface area contributed by atoms with E-state index in [9.17, 15) is 8.42 Å². The van der Waals surface area contributed by atoms with Crippen LogP contribution in [0.25, 0.3) is 0 Å². The minimum atomic E-state index is -3.46. The lowest BCUT2D eigenvalue weighted by Crippen LogP contribution is -2.48. The molecule has 1 saturated heterocycles. The molecule has 6 nitrogen and oxygen atoms in total. The van der Waals surface area contributed by atoms with Crippen molar-refractivity contribution in [2.45, 2.75) is 31.2 Å². The van der Waals surface area contributed by atoms with Crippen LogP contribution in [-0.4, -0.2) is 42.1 Å². The van der Waals surface area contributed by atoms with Gasteiger partial charge in [0.2, 0.25) is 10.0 Å². The van der Waals surface area contributed by atoms with Gasteiger partial charge >= 0.3 is 0 Å². The molecule has 96 valence electrons. The van der Waals surface area contributed by atoms with Crippen LogP contribution in [0.3, 0.4) is 0 Å². The highest BCUT2D eigenvalue weighted by Crippen LogP contribution is 2.23. The second-order valence-electron chi connectivity index (χ2n) is 4.78. The SMILES string of the molecule is Cc1[nH]ncc1S(=O)(=O)N1CC(C)CC(N)C1. The van der Waals surface area contributed by atoms with Gasteiger partial charge in [0, 0.05) is 19.1 Å². The fourth-order valence-electron chi connectivity index (χ4n) is 2.28. The Morgan fingerprint density at radius 2 is 2.24 bits per heavy atom. The van der Waals surface area contributed by atoms with Crippen LogP contribution in [0.4, 0.5) is 0 Å². The van der Waals surface area contributed by atoms with Gasteiger partial charge < -0.3 is 5.73 Å². The van der Waals surface area contributed by atoms with Crippen molar-refractivity contribution in [3.8, 4) is 0 Å². The summed E-state index contributed by atoms with van der Waals surface area (Å²) in [5.74, 6) is 0.292. The fourth-order valence-corrected chi connectivity index (χ4v) is 4.02. The molecule has 0 bridgehead atoms. The molecule has 0 aromatic carbocycles. The van der Waals surface area contributed by atoms with Crippen molar-refractivity contribution >= 4 is 10.0 Å². The summed E-state index contributed by atoms with van der Waals surface area (Å²) in [5, 5.41) is 6.41. The number of aromatic amines is 1. The van der Waals surface area contributed by atoms with Gasteiger partial charge in [0.25, 0.3) is 0 Å². The summed E-state index contributed by atoms with van der Waals surface area (Å²) >= 11 is 0. The molecular formula is C10H18N4O2S. The van der Waals surface area contributed by atoms with Crippen LogP contribution in [0.15, 0.2) is 11.1 Å². The zero-order valence-corrected chi connectivity index (χ0v) is 10.9. The highest BCUT2D eigenvalue weighted by atomic mass is 32.2. The number of nitrogens with two attached hydrogens (primary N) is 1. The van der Waals surface area contributed by atoms with Crippen molar-refractivity contribution in [2.75, 3.05) is 13.1 Å². The van der Waals surface area contributed by atoms with Crippen molar-refractivity contribution in [2.24, 2.45) is 11.7 Å². The first-order valence-electron chi connectivity index (χ1n) is 5.67. The second-order valence-corrected chi connectivity index (χ2v) is 6.69. The molecule has 7 heteroatoms. The summed E-state index contributed by atoms with van der Waals surface area (Å²) in [7, 11) is -3.46. The topological polar surface area (TPSA) is 92.1 Å². The molecule has 2 heterocycles. The first-order chi connectivity index (χ1) is 7.91. The minimum Gasteiger partial charge on any atom is -0.326 e. The fraction of sp³-hybridized carbons (Fsp3) is 0.700. The lowest BCUT2D eigenvalue weighted by molar-refractivity contribution is 0.254. The van der Waals surface area contributed by atoms with E-state index in [1.165, 1.54) is 10.5 Å². The summed E-state index contributed by atoms with van der Waals surface area (Å²) in [6.45, 7) is 4.63. The van der Waals surface area contributed by atoms with Gasteiger partial charge in [-0.05, 0) is 19.3 Å². The Morgan fingerprint density at radius 3 is 2.76 bits per heavy atom. The Bertz CT molecular complexity index is 486. The summed E-state index contributed by atoms with van der Waals surface area (Å²) in [6, 6.07) is -0.0827. The summed E-state index contributed by atoms with van der Waals surface area (Å²) in [4.78, 5) is 0.249. The summed E-state index contributed by atoms with van der Waals surface area (Å²) in [5.41, 5.74) is 6.44. The third-order valence-electron chi connectivity index (χ3n) is 3.06. The van der Waals surface area contributed by atoms with Crippen LogP contribution in [0, 0.1) is 12.8 Å². The van der Waals surface area contributed by atoms with Crippen molar-refractivity contribution < 1.29 is 8.42 Å². The van der Waals surface area contributed by atoms with E-state index in [2.05, 4.69) is 10.2 Å². The van der Waals surface area contributed by atoms with Gasteiger partial charge in [-0.25, -0.2) is 8.42 Å². The molecule has 0 radical (unpaired) electrons. The molecule has 2 atom stereocenters. The maximum Gasteiger partial charge on any atom is 0.246 e. The molecule has 1 aliphatic rings. The van der Waals surface area contributed by atoms with Gasteiger partial charge in [0.15, 0.2) is 0 Å². The maximum atomic E-state index is 12.4. The molecule has 1 aromatic rings. The molecule has 0 amide bonds. The number of sulfonamides is 1. The Morgan fingerprint density at radius 1 is 1.53 bits per heavy atom. The Balaban J connectivity index is 2.30. The van der Waals surface area contributed by atoms with Gasteiger partial charge in [-0.2, -0.15) is 9.40 Å². The third kappa shape index (κ3) is 2.36. The monoisotopic (exact) mass is 258 g/mol. The average Bonchev–Trinajstić information content (AvgIpc) is 2.63. The van der Waals surface area contributed by atoms with Gasteiger partial charge in [-0.3, -0.25) is 5.10 Å². The second kappa shape index (κ2) is 4.40. The zero-order chi connectivity index (χ0) is 12.6. The van der Waals surface area contributed by atoms with Crippen LogP contribution >= 0.6 is 0 Å². The van der Waals surface area contributed by atoms with Crippen molar-refractivity contribution in [3.63, 3.8) is 0 Å². The number of H-pyrrole nitrogens is 1. The number of aryl methyl sites for hydroxylation is 1. The molecule has 3 N–H and O–H groups in total. The molecule has 0 saturated carbocycles. The summed E-state index contributed by atoms with van der Waals surface area (Å²) < 4.78 is 26.2. The van der Waals surface area contributed by atoms with Crippen LogP contribution in [0.1, 0.15) is 19.0 Å². The van der Waals surface area contributed by atoms with Gasteiger partial charge in [0.05, 0.1) is 11.9 Å². The van der Waals surface area contributed by atoms with Crippen molar-refractivity contribution in [1.29, 1.82) is 0 Å². The average molecular weight is 258 g/mol. The predicted octanol–water partition coefficient (Wildman–Crippen LogP) is 0.0759. The van der Waals surface area contributed by atoms with Crippen molar-refractivity contribution in [3.05, 3.63) is 11.9 Å². The van der Waals surface area contributed by atoms with E-state index in [1.807, 2.05) is 6.92 Å². The molecule has 0 aliphatic carbocycles. The zero-order valence-electron chi connectivity index (χ0n) is 10.0. The molecule has 17 heavy (non-hydrogen) atoms. The number of piperidine rings is 1. The maximum absolute atomic E-state index is 12.4. The molecular weight excluding hydrogens is 240 g/mol. The van der Waals surface area contributed by atoms with Gasteiger partial charge in [-0.1, -0.05) is 6.92 Å². The molecule has 1 aromatic heterocycles. The van der Waals surface area contributed by atoms with Gasteiger partial charge in [0.1, 0.15) is 4.90 Å². The number of aromatic nitrogens is 2. The Kier molecular flexibility index (Phi) is 3.24. The van der Waals surface area contributed by atoms with Crippen LogP contribution in [0.2, 0.25) is 0 Å². The minimum absolute atomic E-state index is 0.0827. The number of hydrogen-bond donors (Lipinski definition) is 2. The number of hydrogen-bond acceptors (Lipinski definition) is 4. The van der Waals surface area contributed by atoms with Crippen LogP contribution in [-0.2, 0) is 10.0 Å². The quantitative estimate of drug-likeness (QED) is 0.785. The van der Waals surface area contributed by atoms with E-state index in [4.69, 9.17) is 5.73 Å². The Hall–Kier alpha value is -0.920. The standard InChI is InChI=1S/C10H18N4O2S/c1-7-3-9(11)6-14(5-7)17(15,16)10-4-12-13-8(10)2/h4,7,9H,3,5-6,11H2,1-2H3,(H,12,13). The van der Waals surface area contributed by atoms with Crippen molar-refractivity contribution in [1.82, 2.24) is 14.5 Å². The van der Waals surface area contributed by atoms with E-state index < -0.39 is 10.0 Å². The van der Waals surface area contributed by atoms with E-state index in [1.54, 1.807) is 6.92 Å². The largest absolute Gasteiger partial charge is 0.326 e. The Labute approximate surface area is 101 Å². The summed E-state index contributed by atoms with van der Waals surface area (Å²) in [6.07, 6.45) is 2.23. The highest BCUT2D eigenvalue weighted by Gasteiger charge is 2.33. The highest BCUT2D eigenvalue weighted by molar-refractivity contribution is 7.89. The van der Waals surface area contributed by atoms with Crippen LogP contribution in [0.5, 0.6) is 0 Å². The smallest absolute Gasteiger partial charge is 0.246 e. The molecule has 2 rings (SSSR count). The van der Waals surface area contributed by atoms with E-state index >= 15 is 0 Å². The number of nitrogens with zero attached hydrogens (tertiary/aromatic N) is 2. The van der Waals surface area contributed by atoms with Crippen LogP contribution < -0.4 is 5.73 Å². The molecule has 2 unspecified atom stereocenters. The predicted molar refractivity (Wildman–Crippen MR) is 63.8 cm³/mol. The number of rotatable bonds is 2. The van der Waals surface area contributed by atoms with Gasteiger partial charge in [-0.15, -0.1) is 0 Å². The molecule has 1 fully saturated rings. The third-order valence-corrected chi connectivity index (χ3v) is 5.01. The van der Waals surface area contributed by atoms with E-state index in [0.717, 1.165) is 6.42 Å². The lowest BCUT2D eigenvalue weighted by Gasteiger charge is -2.33. The first-order valence-corrected chi connectivity index (χ1v) is 7.11. The van der Waals surface area contributed by atoms with E-state index in [-0.39, 0.29) is 10.9 Å². The van der Waals surface area contributed by atoms with E-state index in [0.29, 0.717) is 24.7 Å². The first kappa shape index (κ1) is 12.5. The molecule has 1 aliphatic heterocycles. The number of nitrogens with one attached hydrogen (secondary N) is 1. The normalized spacial score (nSPS) is 27.2.